The molecular formula is C14H12ClFIN. The van der Waals surface area contributed by atoms with Crippen molar-refractivity contribution in [1.29, 1.82) is 0 Å². The second kappa shape index (κ2) is 5.99. The second-order valence-corrected chi connectivity index (χ2v) is 5.48. The summed E-state index contributed by atoms with van der Waals surface area (Å²) in [4.78, 5) is 0. The molecule has 1 unspecified atom stereocenters. The number of halogens is 3. The van der Waals surface area contributed by atoms with Crippen LogP contribution in [0.4, 0.5) is 4.39 Å². The SMILES string of the molecule is CNC(c1cc(F)ccc1Cl)c1ccccc1I. The van der Waals surface area contributed by atoms with E-state index in [2.05, 4.69) is 27.9 Å². The van der Waals surface area contributed by atoms with Gasteiger partial charge in [0.1, 0.15) is 5.82 Å². The summed E-state index contributed by atoms with van der Waals surface area (Å²) in [5.41, 5.74) is 1.84. The van der Waals surface area contributed by atoms with Crippen LogP contribution < -0.4 is 5.32 Å². The number of benzene rings is 2. The minimum absolute atomic E-state index is 0.110. The van der Waals surface area contributed by atoms with Crippen LogP contribution in [0.1, 0.15) is 17.2 Å². The van der Waals surface area contributed by atoms with Crippen molar-refractivity contribution in [1.82, 2.24) is 5.32 Å². The van der Waals surface area contributed by atoms with Gasteiger partial charge < -0.3 is 5.32 Å². The molecule has 0 saturated heterocycles. The summed E-state index contributed by atoms with van der Waals surface area (Å²) in [7, 11) is 1.84. The Balaban J connectivity index is 2.52. The summed E-state index contributed by atoms with van der Waals surface area (Å²) in [5.74, 6) is -0.277. The predicted molar refractivity (Wildman–Crippen MR) is 81.5 cm³/mol. The molecule has 0 bridgehead atoms. The lowest BCUT2D eigenvalue weighted by Gasteiger charge is -2.20. The maximum atomic E-state index is 13.4. The Morgan fingerprint density at radius 3 is 2.56 bits per heavy atom. The van der Waals surface area contributed by atoms with Crippen molar-refractivity contribution >= 4 is 34.2 Å². The topological polar surface area (TPSA) is 12.0 Å². The fraction of sp³-hybridized carbons (Fsp3) is 0.143. The molecule has 2 rings (SSSR count). The van der Waals surface area contributed by atoms with Crippen LogP contribution in [-0.4, -0.2) is 7.05 Å². The first-order valence-corrected chi connectivity index (χ1v) is 6.96. The van der Waals surface area contributed by atoms with Gasteiger partial charge in [0, 0.05) is 8.59 Å². The van der Waals surface area contributed by atoms with Crippen LogP contribution in [0.5, 0.6) is 0 Å². The van der Waals surface area contributed by atoms with E-state index < -0.39 is 0 Å². The molecule has 1 atom stereocenters. The van der Waals surface area contributed by atoms with Gasteiger partial charge in [-0.1, -0.05) is 29.8 Å². The van der Waals surface area contributed by atoms with Crippen molar-refractivity contribution in [2.75, 3.05) is 7.05 Å². The molecule has 0 aliphatic rings. The van der Waals surface area contributed by atoms with Crippen molar-refractivity contribution in [2.45, 2.75) is 6.04 Å². The van der Waals surface area contributed by atoms with Gasteiger partial charge in [-0.3, -0.25) is 0 Å². The molecule has 0 aromatic heterocycles. The second-order valence-electron chi connectivity index (χ2n) is 3.91. The van der Waals surface area contributed by atoms with E-state index in [-0.39, 0.29) is 11.9 Å². The first kappa shape index (κ1) is 13.8. The summed E-state index contributed by atoms with van der Waals surface area (Å²) < 4.78 is 14.5. The molecule has 0 fully saturated rings. The lowest BCUT2D eigenvalue weighted by Crippen LogP contribution is -2.19. The van der Waals surface area contributed by atoms with E-state index in [0.29, 0.717) is 5.02 Å². The molecule has 0 radical (unpaired) electrons. The van der Waals surface area contributed by atoms with Gasteiger partial charge in [0.05, 0.1) is 6.04 Å². The van der Waals surface area contributed by atoms with E-state index in [1.54, 1.807) is 6.07 Å². The van der Waals surface area contributed by atoms with Gasteiger partial charge in [0.15, 0.2) is 0 Å². The Kier molecular flexibility index (Phi) is 4.59. The van der Waals surface area contributed by atoms with Gasteiger partial charge in [-0.15, -0.1) is 0 Å². The highest BCUT2D eigenvalue weighted by Gasteiger charge is 2.17. The Morgan fingerprint density at radius 2 is 1.89 bits per heavy atom. The van der Waals surface area contributed by atoms with Crippen LogP contribution in [-0.2, 0) is 0 Å². The Bertz CT molecular complexity index is 559. The molecule has 94 valence electrons. The molecule has 1 nitrogen and oxygen atoms in total. The van der Waals surface area contributed by atoms with Crippen LogP contribution in [0.15, 0.2) is 42.5 Å². The molecule has 1 N–H and O–H groups in total. The van der Waals surface area contributed by atoms with Crippen molar-refractivity contribution in [3.05, 3.63) is 68.0 Å². The highest BCUT2D eigenvalue weighted by molar-refractivity contribution is 14.1. The van der Waals surface area contributed by atoms with E-state index in [9.17, 15) is 4.39 Å². The zero-order chi connectivity index (χ0) is 13.1. The van der Waals surface area contributed by atoms with Crippen LogP contribution in [0.25, 0.3) is 0 Å². The van der Waals surface area contributed by atoms with Crippen molar-refractivity contribution in [3.63, 3.8) is 0 Å². The van der Waals surface area contributed by atoms with E-state index in [4.69, 9.17) is 11.6 Å². The van der Waals surface area contributed by atoms with E-state index >= 15 is 0 Å². The molecule has 0 saturated carbocycles. The molecule has 0 aliphatic heterocycles. The molecule has 0 heterocycles. The molecule has 0 aliphatic carbocycles. The third-order valence-electron chi connectivity index (χ3n) is 2.77. The first-order chi connectivity index (χ1) is 8.63. The number of hydrogen-bond donors (Lipinski definition) is 1. The molecule has 4 heteroatoms. The lowest BCUT2D eigenvalue weighted by molar-refractivity contribution is 0.616. The fourth-order valence-electron chi connectivity index (χ4n) is 1.92. The maximum absolute atomic E-state index is 13.4. The van der Waals surface area contributed by atoms with Crippen molar-refractivity contribution < 1.29 is 4.39 Å². The largest absolute Gasteiger partial charge is 0.309 e. The molecular weight excluding hydrogens is 364 g/mol. The highest BCUT2D eigenvalue weighted by atomic mass is 127. The average Bonchev–Trinajstić information content (AvgIpc) is 2.36. The number of rotatable bonds is 3. The minimum atomic E-state index is -0.277. The van der Waals surface area contributed by atoms with Crippen LogP contribution >= 0.6 is 34.2 Å². The summed E-state index contributed by atoms with van der Waals surface area (Å²) in [6.07, 6.45) is 0. The normalized spacial score (nSPS) is 12.4. The monoisotopic (exact) mass is 375 g/mol. The zero-order valence-electron chi connectivity index (χ0n) is 9.75. The third-order valence-corrected chi connectivity index (χ3v) is 4.10. The smallest absolute Gasteiger partial charge is 0.123 e. The maximum Gasteiger partial charge on any atom is 0.123 e. The minimum Gasteiger partial charge on any atom is -0.309 e. The van der Waals surface area contributed by atoms with Gasteiger partial charge in [-0.2, -0.15) is 0 Å². The molecule has 18 heavy (non-hydrogen) atoms. The Hall–Kier alpha value is -0.650. The van der Waals surface area contributed by atoms with Crippen LogP contribution in [0.3, 0.4) is 0 Å². The number of nitrogens with one attached hydrogen (secondary N) is 1. The average molecular weight is 376 g/mol. The van der Waals surface area contributed by atoms with Crippen LogP contribution in [0.2, 0.25) is 5.02 Å². The summed E-state index contributed by atoms with van der Waals surface area (Å²) in [6, 6.07) is 12.3. The van der Waals surface area contributed by atoms with Crippen LogP contribution in [0, 0.1) is 9.39 Å². The zero-order valence-corrected chi connectivity index (χ0v) is 12.7. The molecule has 2 aromatic rings. The summed E-state index contributed by atoms with van der Waals surface area (Å²) >= 11 is 8.43. The molecule has 2 aromatic carbocycles. The fourth-order valence-corrected chi connectivity index (χ4v) is 2.85. The lowest BCUT2D eigenvalue weighted by atomic mass is 9.99. The Labute approximate surface area is 124 Å². The van der Waals surface area contributed by atoms with E-state index in [1.807, 2.05) is 31.3 Å². The van der Waals surface area contributed by atoms with Crippen molar-refractivity contribution in [3.8, 4) is 0 Å². The summed E-state index contributed by atoms with van der Waals surface area (Å²) in [6.45, 7) is 0. The first-order valence-electron chi connectivity index (χ1n) is 5.50. The standard InChI is InChI=1S/C14H12ClFIN/c1-18-14(10-4-2-3-5-13(10)17)11-8-9(16)6-7-12(11)15/h2-8,14,18H,1H3. The van der Waals surface area contributed by atoms with Gasteiger partial charge in [-0.05, 0) is 65.0 Å². The third kappa shape index (κ3) is 2.84. The quantitative estimate of drug-likeness (QED) is 0.785. The molecule has 0 spiro atoms. The van der Waals surface area contributed by atoms with Gasteiger partial charge >= 0.3 is 0 Å². The van der Waals surface area contributed by atoms with E-state index in [1.165, 1.54) is 12.1 Å². The van der Waals surface area contributed by atoms with Gasteiger partial charge in [-0.25, -0.2) is 4.39 Å². The summed E-state index contributed by atoms with van der Waals surface area (Å²) in [5, 5.41) is 3.75. The number of hydrogen-bond acceptors (Lipinski definition) is 1. The van der Waals surface area contributed by atoms with Gasteiger partial charge in [0.25, 0.3) is 0 Å². The highest BCUT2D eigenvalue weighted by Crippen LogP contribution is 2.31. The molecule has 0 amide bonds. The Morgan fingerprint density at radius 1 is 1.17 bits per heavy atom. The van der Waals surface area contributed by atoms with Crippen molar-refractivity contribution in [2.24, 2.45) is 0 Å². The van der Waals surface area contributed by atoms with Gasteiger partial charge in [0.2, 0.25) is 0 Å². The van der Waals surface area contributed by atoms with E-state index in [0.717, 1.165) is 14.7 Å². The predicted octanol–water partition coefficient (Wildman–Crippen LogP) is 4.39.